The second-order valence-corrected chi connectivity index (χ2v) is 8.11. The van der Waals surface area contributed by atoms with Crippen LogP contribution in [-0.2, 0) is 9.53 Å². The fraction of sp³-hybridized carbons (Fsp3) is 0.478. The number of nitrogens with one attached hydrogen (secondary N) is 2. The molecule has 3 aliphatic heterocycles. The maximum atomic E-state index is 13.4. The first-order valence-corrected chi connectivity index (χ1v) is 10.9. The number of amides is 3. The molecule has 0 unspecified atom stereocenters. The van der Waals surface area contributed by atoms with E-state index in [4.69, 9.17) is 9.47 Å². The Bertz CT molecular complexity index is 878. The molecule has 166 valence electrons. The van der Waals surface area contributed by atoms with E-state index in [0.717, 1.165) is 50.5 Å². The quantitative estimate of drug-likeness (QED) is 0.587. The van der Waals surface area contributed by atoms with Gasteiger partial charge in [-0.05, 0) is 17.7 Å². The summed E-state index contributed by atoms with van der Waals surface area (Å²) in [6, 6.07) is 6.82. The minimum Gasteiger partial charge on any atom is -0.497 e. The van der Waals surface area contributed by atoms with Gasteiger partial charge < -0.3 is 24.6 Å². The van der Waals surface area contributed by atoms with E-state index in [1.165, 1.54) is 4.90 Å². The lowest BCUT2D eigenvalue weighted by molar-refractivity contribution is -0.908. The van der Waals surface area contributed by atoms with Crippen molar-refractivity contribution in [2.75, 3.05) is 59.6 Å². The van der Waals surface area contributed by atoms with Gasteiger partial charge in [-0.1, -0.05) is 18.2 Å². The summed E-state index contributed by atoms with van der Waals surface area (Å²) < 4.78 is 10.8. The number of hydrogen-bond donors (Lipinski definition) is 2. The Labute approximate surface area is 183 Å². The molecule has 8 heteroatoms. The molecule has 4 rings (SSSR count). The van der Waals surface area contributed by atoms with Gasteiger partial charge in [-0.3, -0.25) is 9.69 Å². The van der Waals surface area contributed by atoms with Crippen molar-refractivity contribution in [2.24, 2.45) is 0 Å². The highest BCUT2D eigenvalue weighted by Crippen LogP contribution is 2.37. The van der Waals surface area contributed by atoms with Crippen molar-refractivity contribution >= 4 is 11.9 Å². The first-order chi connectivity index (χ1) is 15.1. The molecule has 0 aromatic heterocycles. The maximum Gasteiger partial charge on any atom is 0.322 e. The van der Waals surface area contributed by atoms with Crippen molar-refractivity contribution in [1.82, 2.24) is 15.1 Å². The number of carbonyl (C=O) groups excluding carboxylic acids is 2. The summed E-state index contributed by atoms with van der Waals surface area (Å²) >= 11 is 0. The molecule has 3 amide bonds. The number of benzene rings is 1. The summed E-state index contributed by atoms with van der Waals surface area (Å²) in [5.41, 5.74) is 2.26. The molecule has 1 fully saturated rings. The minimum atomic E-state index is -0.485. The van der Waals surface area contributed by atoms with Crippen molar-refractivity contribution in [3.8, 4) is 5.75 Å². The van der Waals surface area contributed by atoms with Crippen LogP contribution in [0.2, 0.25) is 0 Å². The van der Waals surface area contributed by atoms with Gasteiger partial charge in [0.25, 0.3) is 5.91 Å². The van der Waals surface area contributed by atoms with E-state index in [1.54, 1.807) is 18.1 Å². The van der Waals surface area contributed by atoms with E-state index in [-0.39, 0.29) is 11.9 Å². The van der Waals surface area contributed by atoms with Gasteiger partial charge in [-0.15, -0.1) is 6.58 Å². The molecule has 1 aromatic carbocycles. The van der Waals surface area contributed by atoms with E-state index < -0.39 is 6.04 Å². The van der Waals surface area contributed by atoms with Crippen LogP contribution in [-0.4, -0.2) is 81.3 Å². The molecule has 1 atom stereocenters. The third-order valence-corrected chi connectivity index (χ3v) is 6.19. The molecule has 0 bridgehead atoms. The van der Waals surface area contributed by atoms with Crippen molar-refractivity contribution in [3.05, 3.63) is 53.8 Å². The molecule has 1 saturated heterocycles. The molecule has 0 saturated carbocycles. The number of hydrogen-bond acceptors (Lipinski definition) is 4. The zero-order chi connectivity index (χ0) is 21.8. The summed E-state index contributed by atoms with van der Waals surface area (Å²) in [6.45, 7) is 9.94. The van der Waals surface area contributed by atoms with Crippen LogP contribution in [0.4, 0.5) is 4.79 Å². The van der Waals surface area contributed by atoms with E-state index in [2.05, 4.69) is 11.9 Å². The lowest BCUT2D eigenvalue weighted by atomic mass is 9.95. The lowest BCUT2D eigenvalue weighted by Crippen LogP contribution is -3.14. The number of urea groups is 1. The van der Waals surface area contributed by atoms with E-state index in [1.807, 2.05) is 29.2 Å². The second-order valence-electron chi connectivity index (χ2n) is 8.11. The summed E-state index contributed by atoms with van der Waals surface area (Å²) in [7, 11) is 1.61. The van der Waals surface area contributed by atoms with E-state index in [0.29, 0.717) is 31.0 Å². The van der Waals surface area contributed by atoms with Gasteiger partial charge in [-0.2, -0.15) is 0 Å². The fourth-order valence-electron chi connectivity index (χ4n) is 4.55. The van der Waals surface area contributed by atoms with Crippen LogP contribution in [0, 0.1) is 0 Å². The summed E-state index contributed by atoms with van der Waals surface area (Å²) in [5, 5.41) is 3.01. The number of carbonyl (C=O) groups is 2. The monoisotopic (exact) mass is 427 g/mol. The number of rotatable bonds is 8. The Hall–Kier alpha value is -2.84. The van der Waals surface area contributed by atoms with Crippen LogP contribution in [0.15, 0.2) is 48.2 Å². The van der Waals surface area contributed by atoms with Gasteiger partial charge in [-0.25, -0.2) is 4.79 Å². The molecular formula is C23H31N4O4+. The number of quaternary nitrogens is 1. The predicted octanol–water partition coefficient (Wildman–Crippen LogP) is 0.349. The van der Waals surface area contributed by atoms with Gasteiger partial charge in [0, 0.05) is 19.5 Å². The Morgan fingerprint density at radius 3 is 2.87 bits per heavy atom. The van der Waals surface area contributed by atoms with Crippen molar-refractivity contribution in [2.45, 2.75) is 12.5 Å². The van der Waals surface area contributed by atoms with Crippen LogP contribution in [0.1, 0.15) is 18.0 Å². The highest BCUT2D eigenvalue weighted by Gasteiger charge is 2.43. The van der Waals surface area contributed by atoms with Crippen molar-refractivity contribution in [1.29, 1.82) is 0 Å². The summed E-state index contributed by atoms with van der Waals surface area (Å²) in [4.78, 5) is 31.3. The molecule has 3 aliphatic rings. The minimum absolute atomic E-state index is 0.00569. The van der Waals surface area contributed by atoms with E-state index in [9.17, 15) is 9.59 Å². The van der Waals surface area contributed by atoms with Crippen LogP contribution < -0.4 is 15.0 Å². The third kappa shape index (κ3) is 4.45. The maximum absolute atomic E-state index is 13.4. The average molecular weight is 428 g/mol. The molecule has 0 radical (unpaired) electrons. The Kier molecular flexibility index (Phi) is 6.58. The normalized spacial score (nSPS) is 21.9. The Morgan fingerprint density at radius 1 is 1.32 bits per heavy atom. The second kappa shape index (κ2) is 9.53. The van der Waals surface area contributed by atoms with E-state index >= 15 is 0 Å². The molecule has 8 nitrogen and oxygen atoms in total. The zero-order valence-corrected chi connectivity index (χ0v) is 18.1. The number of morpholine rings is 1. The predicted molar refractivity (Wildman–Crippen MR) is 116 cm³/mol. The molecule has 0 spiro atoms. The third-order valence-electron chi connectivity index (χ3n) is 6.19. The van der Waals surface area contributed by atoms with Crippen LogP contribution in [0.5, 0.6) is 5.75 Å². The lowest BCUT2D eigenvalue weighted by Gasteiger charge is -2.33. The highest BCUT2D eigenvalue weighted by molar-refractivity contribution is 6.01. The average Bonchev–Trinajstić information content (AvgIpc) is 3.12. The highest BCUT2D eigenvalue weighted by atomic mass is 16.5. The van der Waals surface area contributed by atoms with Crippen LogP contribution >= 0.6 is 0 Å². The molecule has 31 heavy (non-hydrogen) atoms. The molecule has 3 heterocycles. The van der Waals surface area contributed by atoms with Gasteiger partial charge >= 0.3 is 6.03 Å². The largest absolute Gasteiger partial charge is 0.497 e. The molecule has 1 aromatic rings. The Balaban J connectivity index is 1.53. The molecule has 2 N–H and O–H groups in total. The summed E-state index contributed by atoms with van der Waals surface area (Å²) in [6.07, 6.45) is 2.61. The summed E-state index contributed by atoms with van der Waals surface area (Å²) in [5.74, 6) is 0.687. The first-order valence-electron chi connectivity index (χ1n) is 10.9. The number of methoxy groups -OCH3 is 1. The van der Waals surface area contributed by atoms with Gasteiger partial charge in [0.15, 0.2) is 0 Å². The van der Waals surface area contributed by atoms with Gasteiger partial charge in [0.1, 0.15) is 18.8 Å². The fourth-order valence-corrected chi connectivity index (χ4v) is 4.55. The first kappa shape index (κ1) is 21.4. The Morgan fingerprint density at radius 2 is 2.13 bits per heavy atom. The van der Waals surface area contributed by atoms with Gasteiger partial charge in [0.2, 0.25) is 0 Å². The topological polar surface area (TPSA) is 75.6 Å². The van der Waals surface area contributed by atoms with Crippen molar-refractivity contribution < 1.29 is 24.0 Å². The van der Waals surface area contributed by atoms with Crippen LogP contribution in [0.25, 0.3) is 0 Å². The smallest absolute Gasteiger partial charge is 0.322 e. The zero-order valence-electron chi connectivity index (χ0n) is 18.1. The van der Waals surface area contributed by atoms with Crippen molar-refractivity contribution in [3.63, 3.8) is 0 Å². The van der Waals surface area contributed by atoms with Gasteiger partial charge in [0.05, 0.1) is 50.7 Å². The molecule has 0 aliphatic carbocycles. The molecular weight excluding hydrogens is 396 g/mol. The van der Waals surface area contributed by atoms with Crippen LogP contribution in [0.3, 0.4) is 0 Å². The number of ether oxygens (including phenoxy) is 2. The number of nitrogens with zero attached hydrogens (tertiary/aromatic N) is 2. The SMILES string of the molecule is C=CCN1C(=O)N[C@H](c2cccc(OC)c2)C2=C1CN(CCC[NH+]1CCOCC1)C2=O. The standard InChI is InChI=1S/C23H30N4O4/c1-3-8-27-19-16-26(10-5-9-25-11-13-31-14-12-25)22(28)20(19)21(24-23(27)29)17-6-4-7-18(15-17)30-2/h3-4,6-7,15,21H,1,5,8-14,16H2,2H3,(H,24,29)/p+1/t21-/m1/s1.